The van der Waals surface area contributed by atoms with Crippen molar-refractivity contribution in [1.82, 2.24) is 0 Å². The van der Waals surface area contributed by atoms with Crippen molar-refractivity contribution in [2.75, 3.05) is 0 Å². The molecule has 0 spiro atoms. The number of hydrogen-bond donors (Lipinski definition) is 1. The van der Waals surface area contributed by atoms with Gasteiger partial charge in [-0.25, -0.2) is 0 Å². The molecule has 0 fully saturated rings. The third-order valence-corrected chi connectivity index (χ3v) is 3.87. The molecule has 0 saturated heterocycles. The van der Waals surface area contributed by atoms with E-state index in [4.69, 9.17) is 5.11 Å². The summed E-state index contributed by atoms with van der Waals surface area (Å²) in [6.07, 6.45) is 11.9. The Hall–Kier alpha value is -0.790. The lowest BCUT2D eigenvalue weighted by molar-refractivity contribution is -0.138. The van der Waals surface area contributed by atoms with Crippen molar-refractivity contribution in [3.05, 3.63) is 11.1 Å². The molecule has 1 N–H and O–H groups in total. The fraction of sp³-hybridized carbons (Fsp3) is 0.812. The van der Waals surface area contributed by atoms with Gasteiger partial charge in [0.15, 0.2) is 0 Å². The average molecular weight is 252 g/mol. The van der Waals surface area contributed by atoms with E-state index in [-0.39, 0.29) is 5.92 Å². The highest BCUT2D eigenvalue weighted by atomic mass is 16.4. The molecule has 1 aliphatic rings. The van der Waals surface area contributed by atoms with Crippen LogP contribution in [0.3, 0.4) is 0 Å². The summed E-state index contributed by atoms with van der Waals surface area (Å²) in [5.41, 5.74) is 2.52. The molecule has 0 aliphatic heterocycles. The summed E-state index contributed by atoms with van der Waals surface area (Å²) in [6, 6.07) is 0. The molecule has 0 bridgehead atoms. The van der Waals surface area contributed by atoms with Crippen molar-refractivity contribution in [3.63, 3.8) is 0 Å². The molecule has 0 heterocycles. The third-order valence-electron chi connectivity index (χ3n) is 3.87. The molecule has 0 aromatic rings. The minimum atomic E-state index is -0.619. The first-order valence-corrected chi connectivity index (χ1v) is 7.67. The van der Waals surface area contributed by atoms with Crippen molar-refractivity contribution in [2.45, 2.75) is 78.1 Å². The molecule has 2 heteroatoms. The van der Waals surface area contributed by atoms with E-state index in [9.17, 15) is 4.79 Å². The molecule has 1 aliphatic carbocycles. The van der Waals surface area contributed by atoms with Crippen molar-refractivity contribution >= 4 is 5.97 Å². The van der Waals surface area contributed by atoms with Crippen LogP contribution < -0.4 is 0 Å². The van der Waals surface area contributed by atoms with Gasteiger partial charge in [-0.3, -0.25) is 4.79 Å². The number of carboxylic acids is 1. The van der Waals surface area contributed by atoms with E-state index in [1.54, 1.807) is 0 Å². The second-order valence-electron chi connectivity index (χ2n) is 5.44. The van der Waals surface area contributed by atoms with Gasteiger partial charge >= 0.3 is 5.97 Å². The standard InChI is InChI=1S/C16H28O2/c1-3-5-7-9-11-13-14(15(13)16(17)18)12-10-8-6-4-2/h15H,3-12H2,1-2H3,(H,17,18). The molecular weight excluding hydrogens is 224 g/mol. The fourth-order valence-corrected chi connectivity index (χ4v) is 2.71. The minimum absolute atomic E-state index is 0.173. The third kappa shape index (κ3) is 4.83. The highest BCUT2D eigenvalue weighted by Gasteiger charge is 2.40. The van der Waals surface area contributed by atoms with Crippen LogP contribution >= 0.6 is 0 Å². The van der Waals surface area contributed by atoms with Gasteiger partial charge in [0, 0.05) is 0 Å². The van der Waals surface area contributed by atoms with E-state index in [1.165, 1.54) is 62.5 Å². The zero-order chi connectivity index (χ0) is 13.4. The molecule has 18 heavy (non-hydrogen) atoms. The average Bonchev–Trinajstić information content (AvgIpc) is 3.04. The number of carboxylic acid groups (broad SMARTS) is 1. The maximum absolute atomic E-state index is 11.1. The van der Waals surface area contributed by atoms with Gasteiger partial charge in [0.05, 0.1) is 5.92 Å². The van der Waals surface area contributed by atoms with Crippen LogP contribution in [0.5, 0.6) is 0 Å². The van der Waals surface area contributed by atoms with Gasteiger partial charge in [0.25, 0.3) is 0 Å². The van der Waals surface area contributed by atoms with Crippen molar-refractivity contribution < 1.29 is 9.90 Å². The predicted octanol–water partition coefficient (Wildman–Crippen LogP) is 4.94. The molecule has 2 nitrogen and oxygen atoms in total. The van der Waals surface area contributed by atoms with Crippen LogP contribution in [0.15, 0.2) is 11.1 Å². The van der Waals surface area contributed by atoms with Crippen LogP contribution in [0.2, 0.25) is 0 Å². The van der Waals surface area contributed by atoms with Gasteiger partial charge in [-0.05, 0) is 25.7 Å². The Morgan fingerprint density at radius 3 is 1.67 bits per heavy atom. The van der Waals surface area contributed by atoms with Crippen LogP contribution in [-0.2, 0) is 4.79 Å². The maximum Gasteiger partial charge on any atom is 0.314 e. The lowest BCUT2D eigenvalue weighted by atomic mass is 10.1. The van der Waals surface area contributed by atoms with Crippen LogP contribution in [0, 0.1) is 5.92 Å². The molecule has 104 valence electrons. The Morgan fingerprint density at radius 1 is 0.889 bits per heavy atom. The maximum atomic E-state index is 11.1. The molecule has 0 aromatic heterocycles. The predicted molar refractivity (Wildman–Crippen MR) is 75.7 cm³/mol. The lowest BCUT2D eigenvalue weighted by Gasteiger charge is -1.96. The van der Waals surface area contributed by atoms with Crippen molar-refractivity contribution in [1.29, 1.82) is 0 Å². The fourth-order valence-electron chi connectivity index (χ4n) is 2.71. The van der Waals surface area contributed by atoms with Gasteiger partial charge in [-0.1, -0.05) is 63.5 Å². The number of hydrogen-bond acceptors (Lipinski definition) is 1. The Bertz CT molecular complexity index is 269. The number of unbranched alkanes of at least 4 members (excludes halogenated alkanes) is 6. The second kappa shape index (κ2) is 8.34. The molecular formula is C16H28O2. The highest BCUT2D eigenvalue weighted by Crippen LogP contribution is 2.45. The smallest absolute Gasteiger partial charge is 0.314 e. The second-order valence-corrected chi connectivity index (χ2v) is 5.44. The zero-order valence-corrected chi connectivity index (χ0v) is 12.0. The van der Waals surface area contributed by atoms with Gasteiger partial charge in [-0.15, -0.1) is 0 Å². The largest absolute Gasteiger partial charge is 0.481 e. The molecule has 0 amide bonds. The SMILES string of the molecule is CCCCCCC1=C(CCCCCC)C1C(=O)O. The Morgan fingerprint density at radius 2 is 1.33 bits per heavy atom. The van der Waals surface area contributed by atoms with Gasteiger partial charge < -0.3 is 5.11 Å². The van der Waals surface area contributed by atoms with E-state index in [1.807, 2.05) is 0 Å². The van der Waals surface area contributed by atoms with E-state index < -0.39 is 5.97 Å². The van der Waals surface area contributed by atoms with Gasteiger partial charge in [-0.2, -0.15) is 0 Å². The molecule has 0 atom stereocenters. The Balaban J connectivity index is 2.25. The monoisotopic (exact) mass is 252 g/mol. The Kier molecular flexibility index (Phi) is 7.07. The highest BCUT2D eigenvalue weighted by molar-refractivity contribution is 5.84. The summed E-state index contributed by atoms with van der Waals surface area (Å²) in [6.45, 7) is 4.41. The summed E-state index contributed by atoms with van der Waals surface area (Å²) in [4.78, 5) is 11.1. The molecule has 1 rings (SSSR count). The summed E-state index contributed by atoms with van der Waals surface area (Å²) in [5, 5.41) is 9.16. The summed E-state index contributed by atoms with van der Waals surface area (Å²) >= 11 is 0. The number of rotatable bonds is 11. The molecule has 0 aromatic carbocycles. The van der Waals surface area contributed by atoms with Gasteiger partial charge in [0.2, 0.25) is 0 Å². The molecule has 0 saturated carbocycles. The quantitative estimate of drug-likeness (QED) is 0.418. The van der Waals surface area contributed by atoms with E-state index in [0.29, 0.717) is 0 Å². The first-order chi connectivity index (χ1) is 8.72. The van der Waals surface area contributed by atoms with Crippen LogP contribution in [-0.4, -0.2) is 11.1 Å². The van der Waals surface area contributed by atoms with Crippen LogP contribution in [0.25, 0.3) is 0 Å². The first-order valence-electron chi connectivity index (χ1n) is 7.67. The Labute approximate surface area is 111 Å². The summed E-state index contributed by atoms with van der Waals surface area (Å²) in [5.74, 6) is -0.792. The van der Waals surface area contributed by atoms with Crippen molar-refractivity contribution in [3.8, 4) is 0 Å². The molecule has 0 unspecified atom stereocenters. The van der Waals surface area contributed by atoms with Crippen molar-refractivity contribution in [2.24, 2.45) is 5.92 Å². The van der Waals surface area contributed by atoms with E-state index in [2.05, 4.69) is 13.8 Å². The van der Waals surface area contributed by atoms with Crippen LogP contribution in [0.1, 0.15) is 78.1 Å². The van der Waals surface area contributed by atoms with Crippen LogP contribution in [0.4, 0.5) is 0 Å². The summed E-state index contributed by atoms with van der Waals surface area (Å²) in [7, 11) is 0. The minimum Gasteiger partial charge on any atom is -0.481 e. The molecule has 0 radical (unpaired) electrons. The number of aliphatic carboxylic acids is 1. The van der Waals surface area contributed by atoms with E-state index in [0.717, 1.165) is 12.8 Å². The zero-order valence-electron chi connectivity index (χ0n) is 12.0. The van der Waals surface area contributed by atoms with E-state index >= 15 is 0 Å². The lowest BCUT2D eigenvalue weighted by Crippen LogP contribution is -2.02. The normalized spacial score (nSPS) is 15.2. The topological polar surface area (TPSA) is 37.3 Å². The summed E-state index contributed by atoms with van der Waals surface area (Å²) < 4.78 is 0. The number of carbonyl (C=O) groups is 1. The first kappa shape index (κ1) is 15.3. The van der Waals surface area contributed by atoms with Gasteiger partial charge in [0.1, 0.15) is 0 Å².